The van der Waals surface area contributed by atoms with Gasteiger partial charge in [0.05, 0.1) is 23.7 Å². The number of hydrogen-bond acceptors (Lipinski definition) is 5. The molecule has 4 aromatic rings. The average Bonchev–Trinajstić information content (AvgIpc) is 2.75. The summed E-state index contributed by atoms with van der Waals surface area (Å²) < 4.78 is 34.8. The Balaban J connectivity index is 1.69. The number of sulfonamides is 1. The third-order valence-electron chi connectivity index (χ3n) is 4.74. The van der Waals surface area contributed by atoms with E-state index in [1.165, 1.54) is 23.8 Å². The molecule has 0 spiro atoms. The van der Waals surface area contributed by atoms with E-state index >= 15 is 0 Å². The van der Waals surface area contributed by atoms with E-state index in [4.69, 9.17) is 16.3 Å². The molecule has 0 saturated carbocycles. The SMILES string of the molecule is COc1ccc(Cl)cc1S(=O)(=O)Nc1ccc(-n2c(C)nc3ccccc3c2=O)cc1. The van der Waals surface area contributed by atoms with Gasteiger partial charge < -0.3 is 4.74 Å². The molecular formula is C22H18ClN3O4S. The van der Waals surface area contributed by atoms with E-state index < -0.39 is 10.0 Å². The molecule has 0 aliphatic carbocycles. The van der Waals surface area contributed by atoms with Crippen LogP contribution in [0.1, 0.15) is 5.82 Å². The summed E-state index contributed by atoms with van der Waals surface area (Å²) in [7, 11) is -2.56. The van der Waals surface area contributed by atoms with Gasteiger partial charge in [0.1, 0.15) is 16.5 Å². The fourth-order valence-corrected chi connectivity index (χ4v) is 4.79. The Hall–Kier alpha value is -3.36. The first-order valence-electron chi connectivity index (χ1n) is 9.25. The first-order valence-corrected chi connectivity index (χ1v) is 11.1. The minimum Gasteiger partial charge on any atom is -0.495 e. The van der Waals surface area contributed by atoms with Crippen molar-refractivity contribution in [1.82, 2.24) is 9.55 Å². The largest absolute Gasteiger partial charge is 0.495 e. The molecule has 158 valence electrons. The van der Waals surface area contributed by atoms with E-state index in [2.05, 4.69) is 9.71 Å². The third kappa shape index (κ3) is 3.99. The number of rotatable bonds is 5. The van der Waals surface area contributed by atoms with E-state index in [9.17, 15) is 13.2 Å². The van der Waals surface area contributed by atoms with Crippen molar-refractivity contribution in [2.75, 3.05) is 11.8 Å². The number of nitrogens with one attached hydrogen (secondary N) is 1. The molecule has 0 amide bonds. The van der Waals surface area contributed by atoms with Gasteiger partial charge in [0, 0.05) is 10.7 Å². The van der Waals surface area contributed by atoms with Crippen molar-refractivity contribution in [3.63, 3.8) is 0 Å². The van der Waals surface area contributed by atoms with E-state index in [0.29, 0.717) is 28.1 Å². The Morgan fingerprint density at radius 1 is 1.03 bits per heavy atom. The number of benzene rings is 3. The zero-order chi connectivity index (χ0) is 22.2. The lowest BCUT2D eigenvalue weighted by molar-refractivity contribution is 0.403. The fourth-order valence-electron chi connectivity index (χ4n) is 3.30. The lowest BCUT2D eigenvalue weighted by Gasteiger charge is -2.14. The van der Waals surface area contributed by atoms with Gasteiger partial charge in [0.15, 0.2) is 0 Å². The van der Waals surface area contributed by atoms with Crippen LogP contribution >= 0.6 is 11.6 Å². The van der Waals surface area contributed by atoms with Crippen molar-refractivity contribution < 1.29 is 13.2 Å². The van der Waals surface area contributed by atoms with Crippen molar-refractivity contribution in [2.24, 2.45) is 0 Å². The summed E-state index contributed by atoms with van der Waals surface area (Å²) in [5.41, 5.74) is 1.33. The summed E-state index contributed by atoms with van der Waals surface area (Å²) in [4.78, 5) is 17.4. The normalized spacial score (nSPS) is 11.5. The first-order chi connectivity index (χ1) is 14.8. The highest BCUT2D eigenvalue weighted by Crippen LogP contribution is 2.29. The van der Waals surface area contributed by atoms with Gasteiger partial charge in [0.25, 0.3) is 15.6 Å². The van der Waals surface area contributed by atoms with Crippen LogP contribution in [0.15, 0.2) is 76.4 Å². The number of hydrogen-bond donors (Lipinski definition) is 1. The van der Waals surface area contributed by atoms with E-state index in [1.54, 1.807) is 55.5 Å². The minimum atomic E-state index is -3.94. The second-order valence-electron chi connectivity index (χ2n) is 6.76. The Bertz CT molecular complexity index is 1450. The van der Waals surface area contributed by atoms with Crippen LogP contribution in [0.4, 0.5) is 5.69 Å². The number of nitrogens with zero attached hydrogens (tertiary/aromatic N) is 2. The van der Waals surface area contributed by atoms with Crippen LogP contribution in [0.25, 0.3) is 16.6 Å². The number of ether oxygens (including phenoxy) is 1. The standard InChI is InChI=1S/C22H18ClN3O4S/c1-14-24-19-6-4-3-5-18(19)22(27)26(14)17-10-8-16(9-11-17)25-31(28,29)21-13-15(23)7-12-20(21)30-2/h3-13,25H,1-2H3. The molecule has 0 fully saturated rings. The predicted octanol–water partition coefficient (Wildman–Crippen LogP) is 4.16. The van der Waals surface area contributed by atoms with Gasteiger partial charge in [-0.2, -0.15) is 0 Å². The molecule has 4 rings (SSSR count). The highest BCUT2D eigenvalue weighted by molar-refractivity contribution is 7.92. The second kappa shape index (κ2) is 8.05. The number of halogens is 1. The number of fused-ring (bicyclic) bond motifs is 1. The van der Waals surface area contributed by atoms with Crippen LogP contribution in [-0.4, -0.2) is 25.1 Å². The van der Waals surface area contributed by atoms with Crippen LogP contribution < -0.4 is 15.0 Å². The number of aromatic nitrogens is 2. The molecule has 1 heterocycles. The van der Waals surface area contributed by atoms with E-state index in [-0.39, 0.29) is 21.2 Å². The van der Waals surface area contributed by atoms with Crippen LogP contribution in [0.2, 0.25) is 5.02 Å². The van der Waals surface area contributed by atoms with Crippen LogP contribution in [0.5, 0.6) is 5.75 Å². The molecule has 0 atom stereocenters. The summed E-state index contributed by atoms with van der Waals surface area (Å²) in [6.07, 6.45) is 0. The number of anilines is 1. The van der Waals surface area contributed by atoms with Crippen LogP contribution in [-0.2, 0) is 10.0 Å². The summed E-state index contributed by atoms with van der Waals surface area (Å²) in [6, 6.07) is 17.9. The van der Waals surface area contributed by atoms with Gasteiger partial charge in [-0.15, -0.1) is 0 Å². The number of methoxy groups -OCH3 is 1. The van der Waals surface area contributed by atoms with Gasteiger partial charge in [-0.25, -0.2) is 13.4 Å². The Morgan fingerprint density at radius 2 is 1.74 bits per heavy atom. The lowest BCUT2D eigenvalue weighted by Crippen LogP contribution is -2.22. The highest BCUT2D eigenvalue weighted by Gasteiger charge is 2.20. The summed E-state index contributed by atoms with van der Waals surface area (Å²) in [5.74, 6) is 0.707. The molecule has 0 aliphatic rings. The molecule has 7 nitrogen and oxygen atoms in total. The molecule has 0 unspecified atom stereocenters. The predicted molar refractivity (Wildman–Crippen MR) is 121 cm³/mol. The van der Waals surface area contributed by atoms with E-state index in [1.807, 2.05) is 6.07 Å². The molecule has 0 saturated heterocycles. The molecular weight excluding hydrogens is 438 g/mol. The molecule has 0 bridgehead atoms. The maximum Gasteiger partial charge on any atom is 0.265 e. The summed E-state index contributed by atoms with van der Waals surface area (Å²) >= 11 is 5.96. The topological polar surface area (TPSA) is 90.3 Å². The Labute approximate surface area is 183 Å². The molecule has 1 aromatic heterocycles. The summed E-state index contributed by atoms with van der Waals surface area (Å²) in [6.45, 7) is 1.75. The third-order valence-corrected chi connectivity index (χ3v) is 6.37. The monoisotopic (exact) mass is 455 g/mol. The van der Waals surface area contributed by atoms with Gasteiger partial charge in [0.2, 0.25) is 0 Å². The molecule has 3 aromatic carbocycles. The molecule has 0 aliphatic heterocycles. The highest BCUT2D eigenvalue weighted by atomic mass is 35.5. The average molecular weight is 456 g/mol. The zero-order valence-corrected chi connectivity index (χ0v) is 18.2. The lowest BCUT2D eigenvalue weighted by atomic mass is 10.2. The van der Waals surface area contributed by atoms with E-state index in [0.717, 1.165) is 0 Å². The smallest absolute Gasteiger partial charge is 0.265 e. The first kappa shape index (κ1) is 20.9. The van der Waals surface area contributed by atoms with Crippen LogP contribution in [0, 0.1) is 6.92 Å². The Kier molecular flexibility index (Phi) is 5.43. The zero-order valence-electron chi connectivity index (χ0n) is 16.7. The van der Waals surface area contributed by atoms with Gasteiger partial charge in [-0.1, -0.05) is 23.7 Å². The molecule has 9 heteroatoms. The molecule has 0 radical (unpaired) electrons. The molecule has 1 N–H and O–H groups in total. The van der Waals surface area contributed by atoms with Crippen molar-refractivity contribution in [3.8, 4) is 11.4 Å². The van der Waals surface area contributed by atoms with Crippen molar-refractivity contribution >= 4 is 38.2 Å². The summed E-state index contributed by atoms with van der Waals surface area (Å²) in [5, 5.41) is 0.779. The Morgan fingerprint density at radius 3 is 2.45 bits per heavy atom. The van der Waals surface area contributed by atoms with Gasteiger partial charge in [-0.05, 0) is 61.5 Å². The second-order valence-corrected chi connectivity index (χ2v) is 8.85. The van der Waals surface area contributed by atoms with Gasteiger partial charge in [-0.3, -0.25) is 14.1 Å². The van der Waals surface area contributed by atoms with Crippen molar-refractivity contribution in [1.29, 1.82) is 0 Å². The molecule has 31 heavy (non-hydrogen) atoms. The van der Waals surface area contributed by atoms with Crippen molar-refractivity contribution in [3.05, 3.63) is 87.9 Å². The number of para-hydroxylation sites is 1. The number of aryl methyl sites for hydroxylation is 1. The van der Waals surface area contributed by atoms with Gasteiger partial charge >= 0.3 is 0 Å². The van der Waals surface area contributed by atoms with Crippen LogP contribution in [0.3, 0.4) is 0 Å². The quantitative estimate of drug-likeness (QED) is 0.488. The maximum atomic E-state index is 12.9. The van der Waals surface area contributed by atoms with Crippen molar-refractivity contribution in [2.45, 2.75) is 11.8 Å². The fraction of sp³-hybridized carbons (Fsp3) is 0.0909. The maximum absolute atomic E-state index is 12.9. The minimum absolute atomic E-state index is 0.0719.